The van der Waals surface area contributed by atoms with E-state index in [0.29, 0.717) is 0 Å². The molecule has 0 radical (unpaired) electrons. The van der Waals surface area contributed by atoms with Crippen molar-refractivity contribution in [2.24, 2.45) is 10.8 Å². The van der Waals surface area contributed by atoms with E-state index in [1.54, 1.807) is 0 Å². The summed E-state index contributed by atoms with van der Waals surface area (Å²) in [5.74, 6) is 0. The van der Waals surface area contributed by atoms with E-state index in [2.05, 4.69) is 65.8 Å². The molecule has 0 aromatic rings. The molecule has 0 aromatic heterocycles. The second-order valence-electron chi connectivity index (χ2n) is 8.91. The summed E-state index contributed by atoms with van der Waals surface area (Å²) < 4.78 is 0. The highest BCUT2D eigenvalue weighted by molar-refractivity contribution is 5.23. The van der Waals surface area contributed by atoms with Gasteiger partial charge in [-0.25, -0.2) is 0 Å². The van der Waals surface area contributed by atoms with Gasteiger partial charge in [0.1, 0.15) is 0 Å². The fourth-order valence-electron chi connectivity index (χ4n) is 1.84. The molecule has 0 spiro atoms. The zero-order valence-electron chi connectivity index (χ0n) is 19.7. The zero-order chi connectivity index (χ0) is 22.6. The third kappa shape index (κ3) is 25.1. The van der Waals surface area contributed by atoms with E-state index in [1.165, 1.54) is 0 Å². The Hall–Kier alpha value is -2.86. The summed E-state index contributed by atoms with van der Waals surface area (Å²) in [5, 5.41) is 0. The van der Waals surface area contributed by atoms with Crippen molar-refractivity contribution < 1.29 is 0 Å². The van der Waals surface area contributed by atoms with Crippen LogP contribution in [-0.4, -0.2) is 0 Å². The fourth-order valence-corrected chi connectivity index (χ4v) is 1.84. The van der Waals surface area contributed by atoms with E-state index in [4.69, 9.17) is 0 Å². The zero-order valence-corrected chi connectivity index (χ0v) is 19.7. The van der Waals surface area contributed by atoms with Crippen molar-refractivity contribution in [2.75, 3.05) is 0 Å². The maximum Gasteiger partial charge on any atom is -0.0200 e. The van der Waals surface area contributed by atoms with Gasteiger partial charge >= 0.3 is 0 Å². The highest BCUT2D eigenvalue weighted by atomic mass is 14.1. The van der Waals surface area contributed by atoms with E-state index in [9.17, 15) is 0 Å². The van der Waals surface area contributed by atoms with Crippen LogP contribution in [0, 0.1) is 10.8 Å². The van der Waals surface area contributed by atoms with Gasteiger partial charge in [0.05, 0.1) is 0 Å². The van der Waals surface area contributed by atoms with Gasteiger partial charge in [-0.15, -0.1) is 0 Å². The Morgan fingerprint density at radius 3 is 0.500 bits per heavy atom. The van der Waals surface area contributed by atoms with E-state index < -0.39 is 0 Å². The second-order valence-corrected chi connectivity index (χ2v) is 8.91. The molecular formula is C30H40. The molecule has 0 nitrogen and oxygen atoms in total. The molecule has 0 heteroatoms. The summed E-state index contributed by atoms with van der Waals surface area (Å²) in [4.78, 5) is 0. The Labute approximate surface area is 186 Å². The summed E-state index contributed by atoms with van der Waals surface area (Å²) in [7, 11) is 0. The third-order valence-corrected chi connectivity index (χ3v) is 3.30. The lowest BCUT2D eigenvalue weighted by molar-refractivity contribution is 0.544. The average Bonchev–Trinajstić information content (AvgIpc) is 2.64. The van der Waals surface area contributed by atoms with Crippen LogP contribution < -0.4 is 0 Å². The summed E-state index contributed by atoms with van der Waals surface area (Å²) in [5.41, 5.74) is 0.464. The quantitative estimate of drug-likeness (QED) is 0.321. The smallest absolute Gasteiger partial charge is 0.0200 e. The third-order valence-electron chi connectivity index (χ3n) is 3.30. The lowest BCUT2D eigenvalue weighted by Crippen LogP contribution is -1.97. The first kappa shape index (κ1) is 27.1. The Bertz CT molecular complexity index is 684. The van der Waals surface area contributed by atoms with Crippen molar-refractivity contribution in [3.05, 3.63) is 134 Å². The summed E-state index contributed by atoms with van der Waals surface area (Å²) in [6.07, 6.45) is 44.9. The Morgan fingerprint density at radius 2 is 0.367 bits per heavy atom. The van der Waals surface area contributed by atoms with Gasteiger partial charge in [-0.3, -0.25) is 0 Å². The van der Waals surface area contributed by atoms with Gasteiger partial charge in [0.15, 0.2) is 0 Å². The topological polar surface area (TPSA) is 0 Å². The van der Waals surface area contributed by atoms with Crippen molar-refractivity contribution in [1.82, 2.24) is 0 Å². The molecule has 30 heavy (non-hydrogen) atoms. The minimum atomic E-state index is 0.232. The maximum absolute atomic E-state index is 2.19. The molecule has 160 valence electrons. The lowest BCUT2D eigenvalue weighted by atomic mass is 9.96. The predicted octanol–water partition coefficient (Wildman–Crippen LogP) is 9.20. The minimum Gasteiger partial charge on any atom is -0.0791 e. The van der Waals surface area contributed by atoms with Crippen LogP contribution in [0.25, 0.3) is 0 Å². The Balaban J connectivity index is 4.03. The molecular weight excluding hydrogens is 360 g/mol. The molecule has 0 aliphatic heterocycles. The molecule has 0 aliphatic carbocycles. The van der Waals surface area contributed by atoms with Crippen molar-refractivity contribution in [2.45, 2.75) is 41.5 Å². The average molecular weight is 401 g/mol. The summed E-state index contributed by atoms with van der Waals surface area (Å²) in [6, 6.07) is 0. The van der Waals surface area contributed by atoms with Crippen molar-refractivity contribution in [3.8, 4) is 0 Å². The molecule has 0 heterocycles. The molecule has 0 fully saturated rings. The minimum absolute atomic E-state index is 0.232. The highest BCUT2D eigenvalue weighted by Crippen LogP contribution is 2.14. The van der Waals surface area contributed by atoms with Crippen LogP contribution in [0.2, 0.25) is 0 Å². The Morgan fingerprint density at radius 1 is 0.233 bits per heavy atom. The Kier molecular flexibility index (Phi) is 15.4. The van der Waals surface area contributed by atoms with Crippen LogP contribution in [0.5, 0.6) is 0 Å². The molecule has 0 atom stereocenters. The maximum atomic E-state index is 2.19. The normalized spacial score (nSPS) is 15.5. The molecule has 0 saturated heterocycles. The van der Waals surface area contributed by atoms with Gasteiger partial charge in [-0.1, -0.05) is 175 Å². The molecule has 0 amide bonds. The first-order valence-electron chi connectivity index (χ1n) is 10.6. The lowest BCUT2D eigenvalue weighted by Gasteiger charge is -2.09. The van der Waals surface area contributed by atoms with Gasteiger partial charge in [0, 0.05) is 0 Å². The number of rotatable bonds is 10. The molecule has 0 aromatic carbocycles. The van der Waals surface area contributed by atoms with Gasteiger partial charge in [-0.2, -0.15) is 0 Å². The van der Waals surface area contributed by atoms with Gasteiger partial charge in [0.25, 0.3) is 0 Å². The number of hydrogen-bond acceptors (Lipinski definition) is 0. The first-order chi connectivity index (χ1) is 14.2. The van der Waals surface area contributed by atoms with Crippen LogP contribution in [0.4, 0.5) is 0 Å². The van der Waals surface area contributed by atoms with Crippen LogP contribution in [0.15, 0.2) is 134 Å². The van der Waals surface area contributed by atoms with Crippen LogP contribution in [0.3, 0.4) is 0 Å². The highest BCUT2D eigenvalue weighted by Gasteiger charge is 2.02. The number of hydrogen-bond donors (Lipinski definition) is 0. The van der Waals surface area contributed by atoms with Crippen molar-refractivity contribution >= 4 is 0 Å². The van der Waals surface area contributed by atoms with E-state index in [0.717, 1.165) is 0 Å². The van der Waals surface area contributed by atoms with Crippen molar-refractivity contribution in [1.29, 1.82) is 0 Å². The van der Waals surface area contributed by atoms with E-state index >= 15 is 0 Å². The molecule has 0 N–H and O–H groups in total. The largest absolute Gasteiger partial charge is 0.0791 e. The molecule has 0 aliphatic rings. The monoisotopic (exact) mass is 400 g/mol. The van der Waals surface area contributed by atoms with Crippen LogP contribution in [-0.2, 0) is 0 Å². The van der Waals surface area contributed by atoms with Crippen molar-refractivity contribution in [3.63, 3.8) is 0 Å². The van der Waals surface area contributed by atoms with Gasteiger partial charge in [-0.05, 0) is 10.8 Å². The molecule has 0 rings (SSSR count). The number of allylic oxidation sites excluding steroid dienone is 22. The van der Waals surface area contributed by atoms with Gasteiger partial charge in [0.2, 0.25) is 0 Å². The second kappa shape index (κ2) is 17.0. The molecule has 0 saturated carbocycles. The fraction of sp³-hybridized carbons (Fsp3) is 0.267. The SMILES string of the molecule is CC(C)(C)/C=C/C=C/C=C/C=C/C=C/C=C/C=C/C=C/C=C/C=C/C=C/C(C)(C)C. The van der Waals surface area contributed by atoms with Gasteiger partial charge < -0.3 is 0 Å². The molecule has 0 unspecified atom stereocenters. The van der Waals surface area contributed by atoms with Crippen LogP contribution >= 0.6 is 0 Å². The van der Waals surface area contributed by atoms with Crippen LogP contribution in [0.1, 0.15) is 41.5 Å². The summed E-state index contributed by atoms with van der Waals surface area (Å²) in [6.45, 7) is 13.1. The first-order valence-corrected chi connectivity index (χ1v) is 10.6. The van der Waals surface area contributed by atoms with E-state index in [-0.39, 0.29) is 10.8 Å². The molecule has 0 bridgehead atoms. The summed E-state index contributed by atoms with van der Waals surface area (Å²) >= 11 is 0. The standard InChI is InChI=1S/C30H40/c1-29(2,3)27-25-23-21-19-17-15-13-11-9-7-8-10-12-14-16-18-20-22-24-26-28-30(4,5)6/h7-28H,1-6H3/b8-7+,11-9+,12-10+,15-13+,16-14+,19-17+,20-18+,23-21+,24-22+,27-25+,28-26+. The predicted molar refractivity (Wildman–Crippen MR) is 139 cm³/mol. The van der Waals surface area contributed by atoms with E-state index in [1.807, 2.05) is 109 Å².